The molecule has 0 atom stereocenters. The van der Waals surface area contributed by atoms with Crippen molar-refractivity contribution in [1.29, 1.82) is 0 Å². The number of hydrogen-bond acceptors (Lipinski definition) is 1. The summed E-state index contributed by atoms with van der Waals surface area (Å²) in [6.07, 6.45) is 0. The van der Waals surface area contributed by atoms with Crippen LogP contribution in [0, 0.1) is 13.8 Å². The highest BCUT2D eigenvalue weighted by atomic mass is 32.1. The molecule has 0 aromatic carbocycles. The molecule has 0 aliphatic heterocycles. The largest absolute Gasteiger partial charge is 0.149 e. The van der Waals surface area contributed by atoms with Crippen molar-refractivity contribution in [1.82, 2.24) is 0 Å². The fourth-order valence-corrected chi connectivity index (χ4v) is 1.12. The molecule has 0 spiro atoms. The molecule has 1 heterocycles. The van der Waals surface area contributed by atoms with Gasteiger partial charge in [0.2, 0.25) is 0 Å². The molecule has 0 amide bonds. The van der Waals surface area contributed by atoms with Gasteiger partial charge in [-0.25, -0.2) is 0 Å². The van der Waals surface area contributed by atoms with Crippen LogP contribution < -0.4 is 0 Å². The van der Waals surface area contributed by atoms with E-state index in [9.17, 15) is 0 Å². The van der Waals surface area contributed by atoms with Crippen molar-refractivity contribution in [2.75, 3.05) is 0 Å². The summed E-state index contributed by atoms with van der Waals surface area (Å²) < 4.78 is 6.96. The van der Waals surface area contributed by atoms with E-state index in [0.29, 0.717) is 6.90 Å². The quantitative estimate of drug-likeness (QED) is 0.484. The van der Waals surface area contributed by atoms with Crippen molar-refractivity contribution < 1.29 is 1.37 Å². The van der Waals surface area contributed by atoms with E-state index in [2.05, 4.69) is 13.0 Å². The van der Waals surface area contributed by atoms with Crippen LogP contribution in [0.25, 0.3) is 0 Å². The second-order valence-electron chi connectivity index (χ2n) is 1.57. The van der Waals surface area contributed by atoms with E-state index < -0.39 is 0 Å². The van der Waals surface area contributed by atoms with Crippen molar-refractivity contribution in [3.63, 3.8) is 0 Å². The molecule has 0 radical (unpaired) electrons. The number of hydrogen-bond donors (Lipinski definition) is 0. The fraction of sp³-hybridized carbons (Fsp3) is 0.333. The lowest BCUT2D eigenvalue weighted by Crippen LogP contribution is -1.53. The fourth-order valence-electron chi connectivity index (χ4n) is 0.498. The van der Waals surface area contributed by atoms with Gasteiger partial charge in [0, 0.05) is 6.25 Å². The summed E-state index contributed by atoms with van der Waals surface area (Å²) in [6.45, 7) is 2.48. The molecule has 38 valence electrons. The van der Waals surface area contributed by atoms with Crippen LogP contribution in [-0.2, 0) is 0 Å². The Bertz CT molecular complexity index is 169. The maximum atomic E-state index is 6.96. The third kappa shape index (κ3) is 1.03. The number of aryl methyl sites for hydroxylation is 2. The molecule has 0 aliphatic carbocycles. The van der Waals surface area contributed by atoms with Crippen molar-refractivity contribution in [2.45, 2.75) is 13.8 Å². The van der Waals surface area contributed by atoms with Crippen LogP contribution in [0.1, 0.15) is 11.8 Å². The van der Waals surface area contributed by atoms with E-state index in [4.69, 9.17) is 1.37 Å². The Morgan fingerprint density at radius 3 is 3.00 bits per heavy atom. The molecule has 1 heteroatoms. The lowest BCUT2D eigenvalue weighted by atomic mass is 10.4. The maximum absolute atomic E-state index is 6.96. The zero-order valence-corrected chi connectivity index (χ0v) is 5.09. The van der Waals surface area contributed by atoms with Gasteiger partial charge in [0.25, 0.3) is 0 Å². The van der Waals surface area contributed by atoms with E-state index in [1.165, 1.54) is 4.88 Å². The number of rotatable bonds is 0. The maximum Gasteiger partial charge on any atom is 0.0280 e. The molecule has 0 aliphatic rings. The van der Waals surface area contributed by atoms with Crippen LogP contribution in [0.5, 0.6) is 0 Å². The second-order valence-corrected chi connectivity index (χ2v) is 2.68. The first-order valence-electron chi connectivity index (χ1n) is 2.87. The van der Waals surface area contributed by atoms with Gasteiger partial charge < -0.3 is 0 Å². The highest BCUT2D eigenvalue weighted by molar-refractivity contribution is 7.10. The predicted octanol–water partition coefficient (Wildman–Crippen LogP) is 2.36. The first-order chi connectivity index (χ1) is 3.83. The third-order valence-electron chi connectivity index (χ3n) is 0.785. The van der Waals surface area contributed by atoms with Crippen LogP contribution in [-0.4, -0.2) is 0 Å². The molecule has 7 heavy (non-hydrogen) atoms. The Balaban J connectivity index is 2.84. The van der Waals surface area contributed by atoms with Gasteiger partial charge in [0.05, 0.1) is 0 Å². The summed E-state index contributed by atoms with van der Waals surface area (Å²) in [5.41, 5.74) is 1.13. The number of thiophene rings is 1. The van der Waals surface area contributed by atoms with Crippen molar-refractivity contribution in [3.05, 3.63) is 21.9 Å². The Labute approximate surface area is 49.2 Å². The average molecular weight is 113 g/mol. The first-order valence-corrected chi connectivity index (χ1v) is 3.04. The predicted molar refractivity (Wildman–Crippen MR) is 33.8 cm³/mol. The normalized spacial score (nSPS) is 11.3. The zero-order chi connectivity index (χ0) is 5.98. The van der Waals surface area contributed by atoms with E-state index in [-0.39, 0.29) is 0 Å². The molecule has 0 saturated heterocycles. The third-order valence-corrected chi connectivity index (χ3v) is 1.70. The van der Waals surface area contributed by atoms with Crippen LogP contribution in [0.15, 0.2) is 11.4 Å². The molecule has 0 fully saturated rings. The minimum Gasteiger partial charge on any atom is -0.149 e. The molecular weight excluding hydrogens is 104 g/mol. The lowest BCUT2D eigenvalue weighted by molar-refractivity contribution is 1.51. The molecule has 0 N–H and O–H groups in total. The van der Waals surface area contributed by atoms with Crippen LogP contribution in [0.3, 0.4) is 0 Å². The summed E-state index contributed by atoms with van der Waals surface area (Å²) in [7, 11) is 0. The van der Waals surface area contributed by atoms with Crippen molar-refractivity contribution >= 4 is 11.3 Å². The topological polar surface area (TPSA) is 0 Å². The monoisotopic (exact) mass is 113 g/mol. The standard InChI is InChI=1S/C6H8S/c1-5-3-6(2)7-4-5/h3-4H,1-2H3/i1D. The van der Waals surface area contributed by atoms with Gasteiger partial charge in [0.1, 0.15) is 0 Å². The van der Waals surface area contributed by atoms with E-state index in [1.54, 1.807) is 11.3 Å². The molecule has 0 bridgehead atoms. The summed E-state index contributed by atoms with van der Waals surface area (Å²) in [6, 6.07) is 2.05. The smallest absolute Gasteiger partial charge is 0.0280 e. The van der Waals surface area contributed by atoms with Gasteiger partial charge in [0.15, 0.2) is 0 Å². The minimum atomic E-state index is 0.421. The van der Waals surface area contributed by atoms with Gasteiger partial charge in [-0.05, 0) is 30.8 Å². The molecule has 1 aromatic rings. The van der Waals surface area contributed by atoms with Crippen molar-refractivity contribution in [3.8, 4) is 0 Å². The highest BCUT2D eigenvalue weighted by Crippen LogP contribution is 2.10. The SMILES string of the molecule is [2H]Cc1csc(C)c1. The van der Waals surface area contributed by atoms with E-state index >= 15 is 0 Å². The molecule has 0 unspecified atom stereocenters. The van der Waals surface area contributed by atoms with Gasteiger partial charge in [-0.1, -0.05) is 0 Å². The van der Waals surface area contributed by atoms with Gasteiger partial charge in [-0.2, -0.15) is 0 Å². The molecule has 1 aromatic heterocycles. The molecule has 0 nitrogen and oxygen atoms in total. The van der Waals surface area contributed by atoms with E-state index in [0.717, 1.165) is 5.56 Å². The Hall–Kier alpha value is -0.300. The van der Waals surface area contributed by atoms with E-state index in [1.807, 2.05) is 5.38 Å². The first kappa shape index (κ1) is 3.67. The van der Waals surface area contributed by atoms with Crippen LogP contribution in [0.4, 0.5) is 0 Å². The van der Waals surface area contributed by atoms with Gasteiger partial charge in [-0.3, -0.25) is 0 Å². The Morgan fingerprint density at radius 1 is 1.86 bits per heavy atom. The Morgan fingerprint density at radius 2 is 2.71 bits per heavy atom. The van der Waals surface area contributed by atoms with Gasteiger partial charge >= 0.3 is 0 Å². The molecular formula is C6H8S. The Kier molecular flexibility index (Phi) is 0.873. The summed E-state index contributed by atoms with van der Waals surface area (Å²) in [5.74, 6) is 0. The highest BCUT2D eigenvalue weighted by Gasteiger charge is 1.84. The minimum absolute atomic E-state index is 0.421. The lowest BCUT2D eigenvalue weighted by Gasteiger charge is -1.70. The average Bonchev–Trinajstić information content (AvgIpc) is 2.14. The molecule has 1 rings (SSSR count). The summed E-state index contributed by atoms with van der Waals surface area (Å²) >= 11 is 1.71. The second kappa shape index (κ2) is 1.66. The summed E-state index contributed by atoms with van der Waals surface area (Å²) in [5, 5.41) is 2.03. The van der Waals surface area contributed by atoms with Crippen LogP contribution >= 0.6 is 11.3 Å². The van der Waals surface area contributed by atoms with Gasteiger partial charge in [-0.15, -0.1) is 11.3 Å². The zero-order valence-electron chi connectivity index (χ0n) is 5.27. The van der Waals surface area contributed by atoms with Crippen LogP contribution in [0.2, 0.25) is 0 Å². The summed E-state index contributed by atoms with van der Waals surface area (Å²) in [4.78, 5) is 1.30. The van der Waals surface area contributed by atoms with Crippen molar-refractivity contribution in [2.24, 2.45) is 0 Å². The molecule has 0 saturated carbocycles.